The maximum absolute atomic E-state index is 5.69. The summed E-state index contributed by atoms with van der Waals surface area (Å²) < 4.78 is 5.69. The van der Waals surface area contributed by atoms with Gasteiger partial charge in [0, 0.05) is 18.6 Å². The van der Waals surface area contributed by atoms with Crippen LogP contribution in [0.1, 0.15) is 39.5 Å². The number of hydrogen-bond donors (Lipinski definition) is 2. The van der Waals surface area contributed by atoms with Crippen LogP contribution in [0.2, 0.25) is 0 Å². The molecular weight excluding hydrogens is 188 g/mol. The molecule has 0 aliphatic carbocycles. The fourth-order valence-corrected chi connectivity index (χ4v) is 2.37. The molecule has 0 bridgehead atoms. The van der Waals surface area contributed by atoms with Crippen molar-refractivity contribution in [3.8, 4) is 0 Å². The lowest BCUT2D eigenvalue weighted by atomic mass is 9.88. The second-order valence-electron chi connectivity index (χ2n) is 4.54. The Morgan fingerprint density at radius 2 is 2.40 bits per heavy atom. The van der Waals surface area contributed by atoms with Crippen molar-refractivity contribution in [2.75, 3.05) is 6.61 Å². The molecule has 1 aliphatic heterocycles. The summed E-state index contributed by atoms with van der Waals surface area (Å²) in [7, 11) is 0. The van der Waals surface area contributed by atoms with Crippen molar-refractivity contribution in [2.24, 2.45) is 11.8 Å². The van der Waals surface area contributed by atoms with E-state index in [2.05, 4.69) is 25.9 Å². The van der Waals surface area contributed by atoms with Crippen molar-refractivity contribution in [3.05, 3.63) is 12.2 Å². The lowest BCUT2D eigenvalue weighted by Gasteiger charge is -2.26. The van der Waals surface area contributed by atoms with E-state index in [0.717, 1.165) is 32.3 Å². The van der Waals surface area contributed by atoms with Crippen LogP contribution in [0.5, 0.6) is 0 Å². The molecule has 1 fully saturated rings. The Kier molecular flexibility index (Phi) is 5.29. The highest BCUT2D eigenvalue weighted by atomic mass is 16.5. The van der Waals surface area contributed by atoms with E-state index in [0.29, 0.717) is 18.1 Å². The van der Waals surface area contributed by atoms with E-state index in [1.165, 1.54) is 5.57 Å². The highest BCUT2D eigenvalue weighted by molar-refractivity contribution is 4.92. The van der Waals surface area contributed by atoms with Gasteiger partial charge in [0.05, 0.1) is 6.10 Å². The first kappa shape index (κ1) is 12.7. The van der Waals surface area contributed by atoms with Crippen molar-refractivity contribution in [1.82, 2.24) is 5.43 Å². The molecule has 0 aromatic carbocycles. The van der Waals surface area contributed by atoms with Crippen molar-refractivity contribution < 1.29 is 4.74 Å². The molecular formula is C12H24N2O. The summed E-state index contributed by atoms with van der Waals surface area (Å²) in [6.07, 6.45) is 4.70. The second-order valence-corrected chi connectivity index (χ2v) is 4.54. The minimum atomic E-state index is 0.370. The molecule has 3 heteroatoms. The van der Waals surface area contributed by atoms with Crippen LogP contribution in [0.4, 0.5) is 0 Å². The molecule has 0 aromatic heterocycles. The van der Waals surface area contributed by atoms with Crippen molar-refractivity contribution >= 4 is 0 Å². The number of rotatable bonds is 6. The van der Waals surface area contributed by atoms with Crippen LogP contribution in [-0.2, 0) is 4.74 Å². The highest BCUT2D eigenvalue weighted by Gasteiger charge is 2.32. The zero-order chi connectivity index (χ0) is 11.3. The predicted molar refractivity (Wildman–Crippen MR) is 63.3 cm³/mol. The molecule has 0 spiro atoms. The summed E-state index contributed by atoms with van der Waals surface area (Å²) in [6, 6.07) is 0.370. The van der Waals surface area contributed by atoms with E-state index in [-0.39, 0.29) is 0 Å². The van der Waals surface area contributed by atoms with Gasteiger partial charge in [-0.3, -0.25) is 11.3 Å². The Hall–Kier alpha value is -0.380. The van der Waals surface area contributed by atoms with Gasteiger partial charge in [-0.25, -0.2) is 0 Å². The van der Waals surface area contributed by atoms with E-state index in [1.807, 2.05) is 0 Å². The smallest absolute Gasteiger partial charge is 0.0616 e. The molecule has 88 valence electrons. The van der Waals surface area contributed by atoms with E-state index < -0.39 is 0 Å². The number of nitrogens with two attached hydrogens (primary N) is 1. The first-order valence-corrected chi connectivity index (χ1v) is 5.91. The molecule has 3 N–H and O–H groups in total. The topological polar surface area (TPSA) is 47.3 Å². The molecule has 3 unspecified atom stereocenters. The highest BCUT2D eigenvalue weighted by Crippen LogP contribution is 2.28. The zero-order valence-electron chi connectivity index (χ0n) is 9.96. The Morgan fingerprint density at radius 1 is 1.67 bits per heavy atom. The van der Waals surface area contributed by atoms with Crippen LogP contribution in [0, 0.1) is 5.92 Å². The third-order valence-corrected chi connectivity index (χ3v) is 3.28. The third-order valence-electron chi connectivity index (χ3n) is 3.28. The zero-order valence-corrected chi connectivity index (χ0v) is 9.96. The SMILES string of the molecule is C=C(C)CCC(NN)C1CCOC1CC. The molecule has 0 amide bonds. The molecule has 15 heavy (non-hydrogen) atoms. The van der Waals surface area contributed by atoms with Crippen LogP contribution < -0.4 is 11.3 Å². The van der Waals surface area contributed by atoms with Gasteiger partial charge >= 0.3 is 0 Å². The molecule has 3 nitrogen and oxygen atoms in total. The Balaban J connectivity index is 2.45. The van der Waals surface area contributed by atoms with Gasteiger partial charge in [0.1, 0.15) is 0 Å². The lowest BCUT2D eigenvalue weighted by Crippen LogP contribution is -2.43. The predicted octanol–water partition coefficient (Wildman–Crippen LogP) is 1.99. The standard InChI is InChI=1S/C12H24N2O/c1-4-12-10(7-8-15-12)11(14-13)6-5-9(2)3/h10-12,14H,2,4-8,13H2,1,3H3. The van der Waals surface area contributed by atoms with Crippen molar-refractivity contribution in [2.45, 2.75) is 51.7 Å². The number of hydrazine groups is 1. The van der Waals surface area contributed by atoms with Gasteiger partial charge in [-0.2, -0.15) is 0 Å². The fraction of sp³-hybridized carbons (Fsp3) is 0.833. The maximum Gasteiger partial charge on any atom is 0.0616 e. The van der Waals surface area contributed by atoms with E-state index in [9.17, 15) is 0 Å². The van der Waals surface area contributed by atoms with E-state index >= 15 is 0 Å². The van der Waals surface area contributed by atoms with Crippen LogP contribution >= 0.6 is 0 Å². The van der Waals surface area contributed by atoms with Gasteiger partial charge in [0.25, 0.3) is 0 Å². The Labute approximate surface area is 93.0 Å². The largest absolute Gasteiger partial charge is 0.378 e. The summed E-state index contributed by atoms with van der Waals surface area (Å²) >= 11 is 0. The number of hydrogen-bond acceptors (Lipinski definition) is 3. The van der Waals surface area contributed by atoms with Crippen LogP contribution in [-0.4, -0.2) is 18.8 Å². The van der Waals surface area contributed by atoms with Crippen LogP contribution in [0.3, 0.4) is 0 Å². The summed E-state index contributed by atoms with van der Waals surface area (Å²) in [5, 5.41) is 0. The van der Waals surface area contributed by atoms with Gasteiger partial charge in [-0.1, -0.05) is 12.5 Å². The van der Waals surface area contributed by atoms with Crippen LogP contribution in [0.25, 0.3) is 0 Å². The number of allylic oxidation sites excluding steroid dienone is 1. The van der Waals surface area contributed by atoms with Gasteiger partial charge in [-0.05, 0) is 32.6 Å². The molecule has 0 radical (unpaired) electrons. The van der Waals surface area contributed by atoms with E-state index in [4.69, 9.17) is 10.6 Å². The lowest BCUT2D eigenvalue weighted by molar-refractivity contribution is 0.0765. The quantitative estimate of drug-likeness (QED) is 0.402. The van der Waals surface area contributed by atoms with Gasteiger partial charge in [-0.15, -0.1) is 6.58 Å². The second kappa shape index (κ2) is 6.26. The fourth-order valence-electron chi connectivity index (χ4n) is 2.37. The minimum absolute atomic E-state index is 0.370. The molecule has 1 saturated heterocycles. The molecule has 1 aliphatic rings. The monoisotopic (exact) mass is 212 g/mol. The first-order valence-electron chi connectivity index (χ1n) is 5.91. The molecule has 1 heterocycles. The van der Waals surface area contributed by atoms with Gasteiger partial charge in [0.2, 0.25) is 0 Å². The summed E-state index contributed by atoms with van der Waals surface area (Å²) in [4.78, 5) is 0. The average Bonchev–Trinajstić information content (AvgIpc) is 2.66. The molecule has 3 atom stereocenters. The summed E-state index contributed by atoms with van der Waals surface area (Å²) in [6.45, 7) is 9.05. The van der Waals surface area contributed by atoms with Gasteiger partial charge < -0.3 is 4.74 Å². The maximum atomic E-state index is 5.69. The van der Waals surface area contributed by atoms with Gasteiger partial charge in [0.15, 0.2) is 0 Å². The third kappa shape index (κ3) is 3.59. The Morgan fingerprint density at radius 3 is 2.93 bits per heavy atom. The first-order chi connectivity index (χ1) is 7.19. The number of ether oxygens (including phenoxy) is 1. The normalized spacial score (nSPS) is 27.9. The average molecular weight is 212 g/mol. The Bertz CT molecular complexity index is 206. The van der Waals surface area contributed by atoms with Crippen molar-refractivity contribution in [3.63, 3.8) is 0 Å². The summed E-state index contributed by atoms with van der Waals surface area (Å²) in [5.74, 6) is 6.19. The molecule has 0 aromatic rings. The minimum Gasteiger partial charge on any atom is -0.378 e. The molecule has 1 rings (SSSR count). The van der Waals surface area contributed by atoms with Crippen LogP contribution in [0.15, 0.2) is 12.2 Å². The molecule has 0 saturated carbocycles. The number of nitrogens with one attached hydrogen (secondary N) is 1. The van der Waals surface area contributed by atoms with Crippen molar-refractivity contribution in [1.29, 1.82) is 0 Å². The van der Waals surface area contributed by atoms with E-state index in [1.54, 1.807) is 0 Å². The summed E-state index contributed by atoms with van der Waals surface area (Å²) in [5.41, 5.74) is 4.17.